The summed E-state index contributed by atoms with van der Waals surface area (Å²) in [5.41, 5.74) is -1.43. The Morgan fingerprint density at radius 3 is 2.45 bits per heavy atom. The van der Waals surface area contributed by atoms with Crippen molar-refractivity contribution in [3.05, 3.63) is 26.5 Å². The standard InChI is InChI=1S/C13H17N3O4/c1-20-10-9(14-13(19)15-11(10)17)12(18)16-5-7-3-2-4-8(7)6-16/h7-8H,2-6H2,1H3,(H2,14,15,17,19)/t7-,8+. The molecule has 0 spiro atoms. The molecule has 1 aromatic heterocycles. The lowest BCUT2D eigenvalue weighted by Gasteiger charge is -2.17. The summed E-state index contributed by atoms with van der Waals surface area (Å²) in [6, 6.07) is 0. The van der Waals surface area contributed by atoms with Crippen molar-refractivity contribution in [1.82, 2.24) is 14.9 Å². The minimum Gasteiger partial charge on any atom is -0.489 e. The number of likely N-dealkylation sites (tertiary alicyclic amines) is 1. The summed E-state index contributed by atoms with van der Waals surface area (Å²) in [7, 11) is 1.30. The number of hydrogen-bond acceptors (Lipinski definition) is 4. The molecule has 7 nitrogen and oxygen atoms in total. The van der Waals surface area contributed by atoms with Gasteiger partial charge in [-0.2, -0.15) is 0 Å². The third-order valence-corrected chi connectivity index (χ3v) is 4.33. The Morgan fingerprint density at radius 2 is 1.85 bits per heavy atom. The van der Waals surface area contributed by atoms with Crippen LogP contribution in [0.15, 0.2) is 9.59 Å². The predicted molar refractivity (Wildman–Crippen MR) is 71.0 cm³/mol. The van der Waals surface area contributed by atoms with Gasteiger partial charge in [0.2, 0.25) is 5.75 Å². The molecule has 1 aliphatic heterocycles. The van der Waals surface area contributed by atoms with Gasteiger partial charge >= 0.3 is 5.69 Å². The third-order valence-electron chi connectivity index (χ3n) is 4.33. The van der Waals surface area contributed by atoms with Crippen LogP contribution >= 0.6 is 0 Å². The van der Waals surface area contributed by atoms with E-state index in [1.165, 1.54) is 13.5 Å². The quantitative estimate of drug-likeness (QED) is 0.793. The molecule has 1 amide bonds. The number of aromatic nitrogens is 2. The first-order chi connectivity index (χ1) is 9.60. The van der Waals surface area contributed by atoms with E-state index in [9.17, 15) is 14.4 Å². The number of rotatable bonds is 2. The van der Waals surface area contributed by atoms with Crippen LogP contribution in [0.25, 0.3) is 0 Å². The Balaban J connectivity index is 1.91. The van der Waals surface area contributed by atoms with Gasteiger partial charge in [0.25, 0.3) is 11.5 Å². The van der Waals surface area contributed by atoms with Gasteiger partial charge in [-0.1, -0.05) is 6.42 Å². The fraction of sp³-hybridized carbons (Fsp3) is 0.615. The van der Waals surface area contributed by atoms with Gasteiger partial charge < -0.3 is 9.64 Å². The molecule has 0 radical (unpaired) electrons. The van der Waals surface area contributed by atoms with E-state index in [2.05, 4.69) is 9.97 Å². The average molecular weight is 279 g/mol. The van der Waals surface area contributed by atoms with Gasteiger partial charge in [-0.25, -0.2) is 4.79 Å². The molecule has 1 saturated heterocycles. The zero-order chi connectivity index (χ0) is 14.3. The van der Waals surface area contributed by atoms with E-state index in [4.69, 9.17) is 4.74 Å². The van der Waals surface area contributed by atoms with Crippen LogP contribution in [-0.2, 0) is 0 Å². The summed E-state index contributed by atoms with van der Waals surface area (Å²) in [6.45, 7) is 1.39. The number of fused-ring (bicyclic) bond motifs is 1. The predicted octanol–water partition coefficient (Wildman–Crippen LogP) is -0.0561. The number of amides is 1. The van der Waals surface area contributed by atoms with E-state index >= 15 is 0 Å². The first-order valence-electron chi connectivity index (χ1n) is 6.80. The van der Waals surface area contributed by atoms with Gasteiger partial charge in [-0.3, -0.25) is 19.6 Å². The lowest BCUT2D eigenvalue weighted by molar-refractivity contribution is 0.0770. The van der Waals surface area contributed by atoms with Gasteiger partial charge in [-0.05, 0) is 24.7 Å². The van der Waals surface area contributed by atoms with Crippen molar-refractivity contribution >= 4 is 5.91 Å². The van der Waals surface area contributed by atoms with Crippen LogP contribution in [0.5, 0.6) is 5.75 Å². The maximum absolute atomic E-state index is 12.5. The summed E-state index contributed by atoms with van der Waals surface area (Å²) in [5.74, 6) is 0.642. The second kappa shape index (κ2) is 4.81. The zero-order valence-electron chi connectivity index (χ0n) is 11.3. The molecule has 108 valence electrons. The van der Waals surface area contributed by atoms with Crippen molar-refractivity contribution in [3.8, 4) is 5.75 Å². The lowest BCUT2D eigenvalue weighted by atomic mass is 10.0. The Kier molecular flexibility index (Phi) is 3.11. The maximum Gasteiger partial charge on any atom is 0.326 e. The van der Waals surface area contributed by atoms with Crippen molar-refractivity contribution in [2.45, 2.75) is 19.3 Å². The molecule has 20 heavy (non-hydrogen) atoms. The molecule has 2 aliphatic rings. The monoisotopic (exact) mass is 279 g/mol. The first-order valence-corrected chi connectivity index (χ1v) is 6.80. The summed E-state index contributed by atoms with van der Waals surface area (Å²) in [4.78, 5) is 41.6. The van der Waals surface area contributed by atoms with Gasteiger partial charge in [0.1, 0.15) is 0 Å². The molecule has 2 atom stereocenters. The van der Waals surface area contributed by atoms with E-state index in [0.717, 1.165) is 12.8 Å². The molecule has 0 bridgehead atoms. The molecule has 2 fully saturated rings. The number of aromatic amines is 2. The summed E-state index contributed by atoms with van der Waals surface area (Å²) in [5, 5.41) is 0. The van der Waals surface area contributed by atoms with Gasteiger partial charge in [-0.15, -0.1) is 0 Å². The van der Waals surface area contributed by atoms with Crippen LogP contribution in [0, 0.1) is 11.8 Å². The van der Waals surface area contributed by atoms with E-state index < -0.39 is 11.2 Å². The Bertz CT molecular complexity index is 636. The number of carbonyl (C=O) groups excluding carboxylic acids is 1. The Morgan fingerprint density at radius 1 is 1.20 bits per heavy atom. The van der Waals surface area contributed by atoms with Gasteiger partial charge in [0.05, 0.1) is 7.11 Å². The molecule has 2 N–H and O–H groups in total. The molecule has 0 aromatic carbocycles. The van der Waals surface area contributed by atoms with E-state index in [1.54, 1.807) is 4.90 Å². The largest absolute Gasteiger partial charge is 0.489 e. The minimum absolute atomic E-state index is 0.0544. The molecule has 3 rings (SSSR count). The summed E-state index contributed by atoms with van der Waals surface area (Å²) >= 11 is 0. The van der Waals surface area contributed by atoms with Crippen LogP contribution in [0.3, 0.4) is 0 Å². The smallest absolute Gasteiger partial charge is 0.326 e. The Hall–Kier alpha value is -2.05. The molecule has 1 saturated carbocycles. The number of H-pyrrole nitrogens is 2. The molecule has 2 heterocycles. The highest BCUT2D eigenvalue weighted by molar-refractivity contribution is 5.95. The summed E-state index contributed by atoms with van der Waals surface area (Å²) < 4.78 is 4.94. The highest BCUT2D eigenvalue weighted by Crippen LogP contribution is 2.38. The fourth-order valence-electron chi connectivity index (χ4n) is 3.38. The molecule has 7 heteroatoms. The number of hydrogen-bond donors (Lipinski definition) is 2. The van der Waals surface area contributed by atoms with Crippen LogP contribution in [-0.4, -0.2) is 41.0 Å². The number of ether oxygens (including phenoxy) is 1. The van der Waals surface area contributed by atoms with Crippen LogP contribution < -0.4 is 16.0 Å². The van der Waals surface area contributed by atoms with E-state index in [0.29, 0.717) is 24.9 Å². The molecular weight excluding hydrogens is 262 g/mol. The van der Waals surface area contributed by atoms with Crippen LogP contribution in [0.2, 0.25) is 0 Å². The first kappa shape index (κ1) is 13.0. The van der Waals surface area contributed by atoms with Crippen LogP contribution in [0.4, 0.5) is 0 Å². The topological polar surface area (TPSA) is 95.3 Å². The second-order valence-electron chi connectivity index (χ2n) is 5.48. The highest BCUT2D eigenvalue weighted by atomic mass is 16.5. The van der Waals surface area contributed by atoms with Crippen molar-refractivity contribution in [2.75, 3.05) is 20.2 Å². The molecule has 1 aromatic rings. The normalized spacial score (nSPS) is 24.8. The van der Waals surface area contributed by atoms with E-state index in [1.807, 2.05) is 0 Å². The van der Waals surface area contributed by atoms with Crippen molar-refractivity contribution in [2.24, 2.45) is 11.8 Å². The lowest BCUT2D eigenvalue weighted by Crippen LogP contribution is -2.35. The Labute approximate surface area is 115 Å². The van der Waals surface area contributed by atoms with Crippen molar-refractivity contribution in [3.63, 3.8) is 0 Å². The molecule has 0 unspecified atom stereocenters. The number of carbonyl (C=O) groups is 1. The molecular formula is C13H17N3O4. The number of nitrogens with zero attached hydrogens (tertiary/aromatic N) is 1. The average Bonchev–Trinajstić information content (AvgIpc) is 2.97. The summed E-state index contributed by atoms with van der Waals surface area (Å²) in [6.07, 6.45) is 3.53. The third kappa shape index (κ3) is 2.03. The van der Waals surface area contributed by atoms with Gasteiger partial charge in [0, 0.05) is 13.1 Å². The SMILES string of the molecule is COc1c(C(=O)N2C[C@H]3CCC[C@H]3C2)[nH]c(=O)[nH]c1=O. The number of methoxy groups -OCH3 is 1. The van der Waals surface area contributed by atoms with Crippen molar-refractivity contribution < 1.29 is 9.53 Å². The van der Waals surface area contributed by atoms with Crippen LogP contribution in [0.1, 0.15) is 29.8 Å². The maximum atomic E-state index is 12.5. The number of nitrogens with one attached hydrogen (secondary N) is 2. The highest BCUT2D eigenvalue weighted by Gasteiger charge is 2.39. The minimum atomic E-state index is -0.696. The zero-order valence-corrected chi connectivity index (χ0v) is 11.3. The molecule has 1 aliphatic carbocycles. The second-order valence-corrected chi connectivity index (χ2v) is 5.48. The van der Waals surface area contributed by atoms with E-state index in [-0.39, 0.29) is 17.4 Å². The van der Waals surface area contributed by atoms with Gasteiger partial charge in [0.15, 0.2) is 5.69 Å². The van der Waals surface area contributed by atoms with Crippen molar-refractivity contribution in [1.29, 1.82) is 0 Å². The fourth-order valence-corrected chi connectivity index (χ4v) is 3.38.